The van der Waals surface area contributed by atoms with Gasteiger partial charge in [0.15, 0.2) is 4.77 Å². The Kier molecular flexibility index (Phi) is 3.51. The first-order chi connectivity index (χ1) is 7.81. The second-order valence-corrected chi connectivity index (χ2v) is 4.00. The molecule has 0 aromatic carbocycles. The van der Waals surface area contributed by atoms with Crippen LogP contribution in [0.4, 0.5) is 0 Å². The maximum Gasteiger partial charge on any atom is 0.177 e. The van der Waals surface area contributed by atoms with E-state index >= 15 is 0 Å². The molecule has 2 aromatic rings. The summed E-state index contributed by atoms with van der Waals surface area (Å²) in [5, 5.41) is 7.69. The molecule has 0 amide bonds. The van der Waals surface area contributed by atoms with Gasteiger partial charge in [-0.25, -0.2) is 0 Å². The predicted molar refractivity (Wildman–Crippen MR) is 63.6 cm³/mol. The second-order valence-electron chi connectivity index (χ2n) is 3.61. The maximum absolute atomic E-state index is 5.23. The minimum Gasteiger partial charge on any atom is -0.337 e. The van der Waals surface area contributed by atoms with Crippen molar-refractivity contribution in [1.82, 2.24) is 24.5 Å². The molecule has 6 heteroatoms. The number of H-pyrrole nitrogens is 1. The number of rotatable bonds is 5. The minimum atomic E-state index is 0.801. The smallest absolute Gasteiger partial charge is 0.177 e. The van der Waals surface area contributed by atoms with E-state index < -0.39 is 0 Å². The summed E-state index contributed by atoms with van der Waals surface area (Å²) in [5.74, 6) is 0. The quantitative estimate of drug-likeness (QED) is 0.807. The van der Waals surface area contributed by atoms with Crippen LogP contribution in [0, 0.1) is 4.77 Å². The Morgan fingerprint density at radius 3 is 3.00 bits per heavy atom. The predicted octanol–water partition coefficient (Wildman–Crippen LogP) is 1.79. The molecule has 0 aliphatic heterocycles. The topological polar surface area (TPSA) is 51.4 Å². The zero-order chi connectivity index (χ0) is 11.4. The third-order valence-electron chi connectivity index (χ3n) is 2.56. The molecule has 0 fully saturated rings. The fourth-order valence-corrected chi connectivity index (χ4v) is 1.98. The highest BCUT2D eigenvalue weighted by atomic mass is 32.1. The van der Waals surface area contributed by atoms with Gasteiger partial charge in [-0.1, -0.05) is 12.1 Å². The van der Waals surface area contributed by atoms with Crippen molar-refractivity contribution in [2.24, 2.45) is 0 Å². The summed E-state index contributed by atoms with van der Waals surface area (Å²) in [6.45, 7) is 3.92. The monoisotopic (exact) mass is 237 g/mol. The van der Waals surface area contributed by atoms with E-state index in [0.29, 0.717) is 0 Å². The van der Waals surface area contributed by atoms with Crippen LogP contribution < -0.4 is 0 Å². The maximum atomic E-state index is 5.23. The number of aromatic amines is 1. The average Bonchev–Trinajstić information content (AvgIpc) is 2.90. The first-order valence-electron chi connectivity index (χ1n) is 5.42. The molecule has 0 unspecified atom stereocenters. The lowest BCUT2D eigenvalue weighted by Gasteiger charge is -2.06. The molecule has 2 heterocycles. The van der Waals surface area contributed by atoms with Gasteiger partial charge in [0.25, 0.3) is 0 Å². The van der Waals surface area contributed by atoms with E-state index in [2.05, 4.69) is 26.8 Å². The third-order valence-corrected chi connectivity index (χ3v) is 2.90. The van der Waals surface area contributed by atoms with Crippen LogP contribution in [0.3, 0.4) is 0 Å². The van der Waals surface area contributed by atoms with Crippen LogP contribution in [0.5, 0.6) is 0 Å². The zero-order valence-electron chi connectivity index (χ0n) is 9.26. The standard InChI is InChI=1S/C10H15N5S/c1-2-9-8-11-10(16)15(9)6-3-5-14-7-4-12-13-14/h4,7-8H,2-3,5-6H2,1H3,(H,11,16). The summed E-state index contributed by atoms with van der Waals surface area (Å²) in [6, 6.07) is 0. The highest BCUT2D eigenvalue weighted by Gasteiger charge is 2.01. The van der Waals surface area contributed by atoms with Crippen LogP contribution in [-0.4, -0.2) is 24.5 Å². The molecule has 0 radical (unpaired) electrons. The molecule has 0 aliphatic carbocycles. The van der Waals surface area contributed by atoms with Gasteiger partial charge in [-0.3, -0.25) is 4.68 Å². The summed E-state index contributed by atoms with van der Waals surface area (Å²) in [6.07, 6.45) is 7.55. The minimum absolute atomic E-state index is 0.801. The van der Waals surface area contributed by atoms with E-state index in [9.17, 15) is 0 Å². The molecular formula is C10H15N5S. The molecular weight excluding hydrogens is 222 g/mol. The van der Waals surface area contributed by atoms with Crippen molar-refractivity contribution in [3.63, 3.8) is 0 Å². The number of hydrogen-bond acceptors (Lipinski definition) is 3. The van der Waals surface area contributed by atoms with Crippen LogP contribution in [0.15, 0.2) is 18.6 Å². The number of nitrogens with one attached hydrogen (secondary N) is 1. The van der Waals surface area contributed by atoms with E-state index in [0.717, 1.165) is 30.7 Å². The summed E-state index contributed by atoms with van der Waals surface area (Å²) in [5.41, 5.74) is 1.25. The Balaban J connectivity index is 1.94. The Morgan fingerprint density at radius 2 is 2.31 bits per heavy atom. The van der Waals surface area contributed by atoms with Gasteiger partial charge in [0, 0.05) is 31.2 Å². The van der Waals surface area contributed by atoms with E-state index in [1.54, 1.807) is 6.20 Å². The van der Waals surface area contributed by atoms with E-state index in [1.807, 2.05) is 17.1 Å². The Bertz CT molecular complexity index is 482. The lowest BCUT2D eigenvalue weighted by Crippen LogP contribution is -2.07. The normalized spacial score (nSPS) is 10.8. The molecule has 2 rings (SSSR count). The van der Waals surface area contributed by atoms with Gasteiger partial charge in [-0.05, 0) is 25.1 Å². The van der Waals surface area contributed by atoms with Crippen LogP contribution in [0.2, 0.25) is 0 Å². The summed E-state index contributed by atoms with van der Waals surface area (Å²) >= 11 is 5.23. The Hall–Kier alpha value is -1.43. The lowest BCUT2D eigenvalue weighted by molar-refractivity contribution is 0.506. The zero-order valence-corrected chi connectivity index (χ0v) is 10.1. The number of hydrogen-bond donors (Lipinski definition) is 1. The molecule has 86 valence electrons. The van der Waals surface area contributed by atoms with Gasteiger partial charge < -0.3 is 9.55 Å². The molecule has 0 saturated heterocycles. The molecule has 0 spiro atoms. The van der Waals surface area contributed by atoms with E-state index in [4.69, 9.17) is 12.2 Å². The molecule has 5 nitrogen and oxygen atoms in total. The molecule has 0 saturated carbocycles. The van der Waals surface area contributed by atoms with Gasteiger partial charge in [0.2, 0.25) is 0 Å². The molecule has 2 aromatic heterocycles. The van der Waals surface area contributed by atoms with Crippen molar-refractivity contribution in [3.8, 4) is 0 Å². The fourth-order valence-electron chi connectivity index (χ4n) is 1.71. The average molecular weight is 237 g/mol. The highest BCUT2D eigenvalue weighted by molar-refractivity contribution is 7.71. The van der Waals surface area contributed by atoms with Gasteiger partial charge >= 0.3 is 0 Å². The number of nitrogens with zero attached hydrogens (tertiary/aromatic N) is 4. The van der Waals surface area contributed by atoms with Gasteiger partial charge in [-0.2, -0.15) is 0 Å². The molecule has 16 heavy (non-hydrogen) atoms. The van der Waals surface area contributed by atoms with Crippen LogP contribution >= 0.6 is 12.2 Å². The first kappa shape index (κ1) is 11.1. The van der Waals surface area contributed by atoms with Crippen LogP contribution in [-0.2, 0) is 19.5 Å². The number of aryl methyl sites for hydroxylation is 2. The number of imidazole rings is 1. The molecule has 0 atom stereocenters. The molecule has 0 aliphatic rings. The van der Waals surface area contributed by atoms with Crippen molar-refractivity contribution in [2.45, 2.75) is 32.9 Å². The highest BCUT2D eigenvalue weighted by Crippen LogP contribution is 2.04. The fraction of sp³-hybridized carbons (Fsp3) is 0.500. The third kappa shape index (κ3) is 2.38. The number of aromatic nitrogens is 5. The molecule has 1 N–H and O–H groups in total. The van der Waals surface area contributed by atoms with Crippen molar-refractivity contribution < 1.29 is 0 Å². The van der Waals surface area contributed by atoms with Gasteiger partial charge in [0.05, 0.1) is 6.20 Å². The largest absolute Gasteiger partial charge is 0.337 e. The Labute approximate surface area is 99.1 Å². The lowest BCUT2D eigenvalue weighted by atomic mass is 10.3. The van der Waals surface area contributed by atoms with E-state index in [-0.39, 0.29) is 0 Å². The van der Waals surface area contributed by atoms with Gasteiger partial charge in [-0.15, -0.1) is 5.10 Å². The van der Waals surface area contributed by atoms with E-state index in [1.165, 1.54) is 5.69 Å². The summed E-state index contributed by atoms with van der Waals surface area (Å²) < 4.78 is 4.78. The second kappa shape index (κ2) is 5.07. The summed E-state index contributed by atoms with van der Waals surface area (Å²) in [4.78, 5) is 3.07. The van der Waals surface area contributed by atoms with Crippen molar-refractivity contribution in [2.75, 3.05) is 0 Å². The Morgan fingerprint density at radius 1 is 1.44 bits per heavy atom. The van der Waals surface area contributed by atoms with Crippen molar-refractivity contribution in [1.29, 1.82) is 0 Å². The molecule has 0 bridgehead atoms. The van der Waals surface area contributed by atoms with Gasteiger partial charge in [0.1, 0.15) is 0 Å². The first-order valence-corrected chi connectivity index (χ1v) is 5.83. The van der Waals surface area contributed by atoms with Crippen LogP contribution in [0.1, 0.15) is 19.0 Å². The van der Waals surface area contributed by atoms with Crippen molar-refractivity contribution >= 4 is 12.2 Å². The summed E-state index contributed by atoms with van der Waals surface area (Å²) in [7, 11) is 0. The SMILES string of the molecule is CCc1c[nH]c(=S)n1CCCn1ccnn1. The van der Waals surface area contributed by atoms with Crippen LogP contribution in [0.25, 0.3) is 0 Å². The van der Waals surface area contributed by atoms with Crippen molar-refractivity contribution in [3.05, 3.63) is 29.1 Å².